The Balaban J connectivity index is 1.37. The van der Waals surface area contributed by atoms with Crippen LogP contribution in [0.4, 0.5) is 17.2 Å². The number of hydrogen-bond donors (Lipinski definition) is 1. The molecule has 0 saturated carbocycles. The van der Waals surface area contributed by atoms with Gasteiger partial charge in [0.05, 0.1) is 18.1 Å². The summed E-state index contributed by atoms with van der Waals surface area (Å²) < 4.78 is 5.10. The van der Waals surface area contributed by atoms with Crippen molar-refractivity contribution >= 4 is 23.1 Å². The van der Waals surface area contributed by atoms with Crippen LogP contribution in [0.1, 0.15) is 21.7 Å². The van der Waals surface area contributed by atoms with Gasteiger partial charge in [0.25, 0.3) is 5.91 Å². The van der Waals surface area contributed by atoms with Crippen LogP contribution < -0.4 is 15.1 Å². The lowest BCUT2D eigenvalue weighted by molar-refractivity contribution is 0.0996. The monoisotopic (exact) mass is 376 g/mol. The van der Waals surface area contributed by atoms with E-state index in [0.29, 0.717) is 5.69 Å². The minimum Gasteiger partial charge on any atom is -0.459 e. The number of carbonyl (C=O) groups excluding carboxylic acids is 1. The fourth-order valence-electron chi connectivity index (χ4n) is 3.50. The fourth-order valence-corrected chi connectivity index (χ4v) is 3.50. The smallest absolute Gasteiger partial charge is 0.291 e. The van der Waals surface area contributed by atoms with Crippen molar-refractivity contribution in [3.63, 3.8) is 0 Å². The Hall–Kier alpha value is -3.28. The Bertz CT molecular complexity index is 943. The van der Waals surface area contributed by atoms with Gasteiger partial charge in [-0.1, -0.05) is 12.1 Å². The normalized spacial score (nSPS) is 14.2. The van der Waals surface area contributed by atoms with Gasteiger partial charge >= 0.3 is 0 Å². The number of amides is 1. The van der Waals surface area contributed by atoms with Crippen molar-refractivity contribution in [3.8, 4) is 0 Å². The minimum atomic E-state index is -0.276. The highest BCUT2D eigenvalue weighted by Crippen LogP contribution is 2.25. The number of anilines is 3. The number of rotatable bonds is 4. The third kappa shape index (κ3) is 3.71. The summed E-state index contributed by atoms with van der Waals surface area (Å²) in [6.07, 6.45) is 3.17. The molecule has 6 nitrogen and oxygen atoms in total. The largest absolute Gasteiger partial charge is 0.459 e. The van der Waals surface area contributed by atoms with Crippen molar-refractivity contribution in [2.45, 2.75) is 13.8 Å². The second-order valence-corrected chi connectivity index (χ2v) is 7.03. The molecule has 0 spiro atoms. The molecule has 28 heavy (non-hydrogen) atoms. The van der Waals surface area contributed by atoms with Gasteiger partial charge in [-0.3, -0.25) is 4.79 Å². The van der Waals surface area contributed by atoms with E-state index >= 15 is 0 Å². The number of benzene rings is 1. The molecule has 2 aromatic heterocycles. The zero-order valence-corrected chi connectivity index (χ0v) is 16.2. The fraction of sp³-hybridized carbons (Fsp3) is 0.273. The Morgan fingerprint density at radius 1 is 1.00 bits per heavy atom. The summed E-state index contributed by atoms with van der Waals surface area (Å²) in [5.74, 6) is 0.935. The molecule has 144 valence electrons. The van der Waals surface area contributed by atoms with Gasteiger partial charge in [-0.15, -0.1) is 0 Å². The summed E-state index contributed by atoms with van der Waals surface area (Å²) in [7, 11) is 0. The summed E-state index contributed by atoms with van der Waals surface area (Å²) in [5.41, 5.74) is 4.65. The molecule has 1 aliphatic heterocycles. The van der Waals surface area contributed by atoms with E-state index in [9.17, 15) is 4.79 Å². The molecule has 3 aromatic rings. The van der Waals surface area contributed by atoms with E-state index in [2.05, 4.69) is 52.1 Å². The second kappa shape index (κ2) is 7.76. The van der Waals surface area contributed by atoms with Crippen molar-refractivity contribution in [1.29, 1.82) is 0 Å². The summed E-state index contributed by atoms with van der Waals surface area (Å²) in [6, 6.07) is 13.6. The molecule has 0 radical (unpaired) electrons. The quantitative estimate of drug-likeness (QED) is 0.749. The lowest BCUT2D eigenvalue weighted by Gasteiger charge is -2.37. The van der Waals surface area contributed by atoms with Gasteiger partial charge < -0.3 is 19.5 Å². The van der Waals surface area contributed by atoms with Gasteiger partial charge in [0.1, 0.15) is 5.82 Å². The molecule has 1 N–H and O–H groups in total. The number of pyridine rings is 1. The SMILES string of the molecule is Cc1cccc(N2CCN(c3ccc(NC(=O)c4ccco4)cn3)CC2)c1C. The van der Waals surface area contributed by atoms with Crippen molar-refractivity contribution in [1.82, 2.24) is 4.98 Å². The topological polar surface area (TPSA) is 61.6 Å². The molecule has 1 aromatic carbocycles. The molecule has 6 heteroatoms. The first-order chi connectivity index (χ1) is 13.6. The molecular formula is C22H24N4O2. The molecule has 0 unspecified atom stereocenters. The number of piperazine rings is 1. The van der Waals surface area contributed by atoms with Crippen LogP contribution in [0.3, 0.4) is 0 Å². The Morgan fingerprint density at radius 3 is 2.46 bits per heavy atom. The third-order valence-electron chi connectivity index (χ3n) is 5.27. The maximum Gasteiger partial charge on any atom is 0.291 e. The zero-order valence-electron chi connectivity index (χ0n) is 16.2. The Morgan fingerprint density at radius 2 is 1.79 bits per heavy atom. The predicted octanol–water partition coefficient (Wildman–Crippen LogP) is 3.87. The van der Waals surface area contributed by atoms with Gasteiger partial charge in [-0.2, -0.15) is 0 Å². The van der Waals surface area contributed by atoms with E-state index in [1.165, 1.54) is 23.1 Å². The van der Waals surface area contributed by atoms with E-state index in [1.54, 1.807) is 18.3 Å². The molecule has 4 rings (SSSR count). The van der Waals surface area contributed by atoms with Gasteiger partial charge in [-0.05, 0) is 55.3 Å². The van der Waals surface area contributed by atoms with Crippen LogP contribution in [-0.2, 0) is 0 Å². The van der Waals surface area contributed by atoms with Crippen molar-refractivity contribution < 1.29 is 9.21 Å². The number of aromatic nitrogens is 1. The van der Waals surface area contributed by atoms with Crippen LogP contribution in [0, 0.1) is 13.8 Å². The number of furan rings is 1. The van der Waals surface area contributed by atoms with Gasteiger partial charge in [0.15, 0.2) is 5.76 Å². The average Bonchev–Trinajstić information content (AvgIpc) is 3.26. The molecule has 3 heterocycles. The van der Waals surface area contributed by atoms with Crippen LogP contribution in [0.5, 0.6) is 0 Å². The van der Waals surface area contributed by atoms with E-state index < -0.39 is 0 Å². The summed E-state index contributed by atoms with van der Waals surface area (Å²) >= 11 is 0. The number of nitrogens with zero attached hydrogens (tertiary/aromatic N) is 3. The van der Waals surface area contributed by atoms with Gasteiger partial charge in [0, 0.05) is 31.9 Å². The second-order valence-electron chi connectivity index (χ2n) is 7.03. The van der Waals surface area contributed by atoms with E-state index in [0.717, 1.165) is 32.0 Å². The number of aryl methyl sites for hydroxylation is 1. The number of nitrogens with one attached hydrogen (secondary N) is 1. The van der Waals surface area contributed by atoms with Crippen molar-refractivity contribution in [2.24, 2.45) is 0 Å². The van der Waals surface area contributed by atoms with Gasteiger partial charge in [0.2, 0.25) is 0 Å². The molecule has 1 amide bonds. The van der Waals surface area contributed by atoms with Crippen LogP contribution in [-0.4, -0.2) is 37.1 Å². The summed E-state index contributed by atoms with van der Waals surface area (Å²) in [6.45, 7) is 8.10. The number of hydrogen-bond acceptors (Lipinski definition) is 5. The maximum absolute atomic E-state index is 12.0. The lowest BCUT2D eigenvalue weighted by Crippen LogP contribution is -2.47. The van der Waals surface area contributed by atoms with Crippen LogP contribution >= 0.6 is 0 Å². The van der Waals surface area contributed by atoms with E-state index in [4.69, 9.17) is 4.42 Å². The standard InChI is InChI=1S/C22H24N4O2/c1-16-5-3-6-19(17(16)2)25-10-12-26(13-11-25)21-9-8-18(15-23-21)24-22(27)20-7-4-14-28-20/h3-9,14-15H,10-13H2,1-2H3,(H,24,27). The highest BCUT2D eigenvalue weighted by Gasteiger charge is 2.20. The van der Waals surface area contributed by atoms with Crippen molar-refractivity contribution in [3.05, 3.63) is 71.8 Å². The van der Waals surface area contributed by atoms with Crippen molar-refractivity contribution in [2.75, 3.05) is 41.3 Å². The maximum atomic E-state index is 12.0. The Kier molecular flexibility index (Phi) is 5.02. The van der Waals surface area contributed by atoms with E-state index in [1.807, 2.05) is 12.1 Å². The third-order valence-corrected chi connectivity index (χ3v) is 5.27. The Labute approximate surface area is 164 Å². The minimum absolute atomic E-state index is 0.276. The molecule has 0 atom stereocenters. The summed E-state index contributed by atoms with van der Waals surface area (Å²) in [5, 5.41) is 2.79. The highest BCUT2D eigenvalue weighted by atomic mass is 16.3. The predicted molar refractivity (Wildman–Crippen MR) is 111 cm³/mol. The first-order valence-corrected chi connectivity index (χ1v) is 9.49. The molecule has 1 fully saturated rings. The average molecular weight is 376 g/mol. The molecule has 1 aliphatic rings. The number of carbonyl (C=O) groups is 1. The first-order valence-electron chi connectivity index (χ1n) is 9.49. The first kappa shape index (κ1) is 18.1. The lowest BCUT2D eigenvalue weighted by atomic mass is 10.1. The molecule has 0 bridgehead atoms. The van der Waals surface area contributed by atoms with E-state index in [-0.39, 0.29) is 11.7 Å². The zero-order chi connectivity index (χ0) is 19.5. The highest BCUT2D eigenvalue weighted by molar-refractivity contribution is 6.02. The van der Waals surface area contributed by atoms with Crippen LogP contribution in [0.2, 0.25) is 0 Å². The molecule has 0 aliphatic carbocycles. The molecule has 1 saturated heterocycles. The van der Waals surface area contributed by atoms with Crippen LogP contribution in [0.15, 0.2) is 59.3 Å². The van der Waals surface area contributed by atoms with Gasteiger partial charge in [-0.25, -0.2) is 4.98 Å². The summed E-state index contributed by atoms with van der Waals surface area (Å²) in [4.78, 5) is 21.3. The van der Waals surface area contributed by atoms with Crippen LogP contribution in [0.25, 0.3) is 0 Å². The molecular weight excluding hydrogens is 352 g/mol.